The number of nitriles is 2. The summed E-state index contributed by atoms with van der Waals surface area (Å²) in [7, 11) is 0. The minimum atomic E-state index is -0.781. The molecule has 0 aromatic carbocycles. The van der Waals surface area contributed by atoms with E-state index < -0.39 is 11.3 Å². The predicted octanol–water partition coefficient (Wildman–Crippen LogP) is -0.00394. The average molecular weight is 291 g/mol. The zero-order valence-electron chi connectivity index (χ0n) is 11.6. The molecule has 2 heterocycles. The van der Waals surface area contributed by atoms with E-state index in [4.69, 9.17) is 0 Å². The molecule has 0 radical (unpaired) electrons. The van der Waals surface area contributed by atoms with Crippen molar-refractivity contribution >= 4 is 18.5 Å². The molecule has 0 aromatic rings. The maximum atomic E-state index is 12.0. The lowest BCUT2D eigenvalue weighted by Gasteiger charge is -2.44. The van der Waals surface area contributed by atoms with Crippen LogP contribution < -0.4 is 10.2 Å². The van der Waals surface area contributed by atoms with Crippen LogP contribution in [0.25, 0.3) is 0 Å². The van der Waals surface area contributed by atoms with Gasteiger partial charge >= 0.3 is 0 Å². The largest absolute Gasteiger partial charge is 0.335 e. The smallest absolute Gasteiger partial charge is 0.243 e. The molecule has 106 valence electrons. The van der Waals surface area contributed by atoms with E-state index in [2.05, 4.69) is 37.0 Å². The molecular weight excluding hydrogens is 272 g/mol. The normalized spacial score (nSPS) is 33.5. The fourth-order valence-electron chi connectivity index (χ4n) is 3.42. The molecule has 1 fully saturated rings. The molecule has 2 aliphatic heterocycles. The van der Waals surface area contributed by atoms with Gasteiger partial charge in [-0.1, -0.05) is 6.92 Å². The summed E-state index contributed by atoms with van der Waals surface area (Å²) in [5.74, 6) is -1.10. The number of rotatable bonds is 2. The van der Waals surface area contributed by atoms with E-state index in [-0.39, 0.29) is 5.91 Å². The van der Waals surface area contributed by atoms with E-state index >= 15 is 0 Å². The van der Waals surface area contributed by atoms with Gasteiger partial charge in [0.05, 0.1) is 42.4 Å². The molecule has 6 heteroatoms. The quantitative estimate of drug-likeness (QED) is 0.626. The van der Waals surface area contributed by atoms with Gasteiger partial charge < -0.3 is 10.2 Å². The first-order chi connectivity index (χ1) is 9.58. The van der Waals surface area contributed by atoms with Crippen molar-refractivity contribution in [3.63, 3.8) is 0 Å². The molecule has 0 aromatic heterocycles. The van der Waals surface area contributed by atoms with Gasteiger partial charge in [-0.3, -0.25) is 4.79 Å². The molecule has 1 amide bonds. The highest BCUT2D eigenvalue weighted by Gasteiger charge is 2.53. The Morgan fingerprint density at radius 1 is 1.45 bits per heavy atom. The zero-order chi connectivity index (χ0) is 14.8. The number of quaternary nitrogens is 1. The molecule has 0 aliphatic carbocycles. The highest BCUT2D eigenvalue weighted by Crippen LogP contribution is 2.46. The Morgan fingerprint density at radius 3 is 2.60 bits per heavy atom. The SMILES string of the molecule is CCC[NH+]1CCC2(CC1)C(C#N)=C(S)NC(=O)[C@@H]2C#N. The molecule has 0 unspecified atom stereocenters. The molecule has 20 heavy (non-hydrogen) atoms. The van der Waals surface area contributed by atoms with Crippen LogP contribution >= 0.6 is 12.6 Å². The molecule has 1 spiro atoms. The summed E-state index contributed by atoms with van der Waals surface area (Å²) in [5.41, 5.74) is -0.164. The van der Waals surface area contributed by atoms with Gasteiger partial charge in [-0.25, -0.2) is 0 Å². The zero-order valence-corrected chi connectivity index (χ0v) is 12.5. The lowest BCUT2D eigenvalue weighted by Crippen LogP contribution is -3.13. The summed E-state index contributed by atoms with van der Waals surface area (Å²) in [6.07, 6.45) is 2.51. The van der Waals surface area contributed by atoms with E-state index in [1.54, 1.807) is 0 Å². The van der Waals surface area contributed by atoms with Gasteiger partial charge in [0.1, 0.15) is 5.92 Å². The van der Waals surface area contributed by atoms with Crippen molar-refractivity contribution in [2.45, 2.75) is 26.2 Å². The van der Waals surface area contributed by atoms with Crippen molar-refractivity contribution in [1.82, 2.24) is 5.32 Å². The second-order valence-corrected chi connectivity index (χ2v) is 5.99. The van der Waals surface area contributed by atoms with Crippen molar-refractivity contribution in [2.75, 3.05) is 19.6 Å². The van der Waals surface area contributed by atoms with Gasteiger partial charge in [0, 0.05) is 18.3 Å². The third kappa shape index (κ3) is 2.30. The van der Waals surface area contributed by atoms with Gasteiger partial charge in [0.2, 0.25) is 5.91 Å². The number of allylic oxidation sites excluding steroid dienone is 1. The van der Waals surface area contributed by atoms with Crippen molar-refractivity contribution in [2.24, 2.45) is 11.3 Å². The number of hydrogen-bond donors (Lipinski definition) is 3. The number of amides is 1. The van der Waals surface area contributed by atoms with Gasteiger partial charge in [-0.05, 0) is 6.42 Å². The minimum absolute atomic E-state index is 0.322. The Bertz CT molecular complexity index is 520. The molecular formula is C14H19N4OS+. The van der Waals surface area contributed by atoms with Gasteiger partial charge in [-0.15, -0.1) is 12.6 Å². The average Bonchev–Trinajstić information content (AvgIpc) is 2.42. The Morgan fingerprint density at radius 2 is 2.10 bits per heavy atom. The van der Waals surface area contributed by atoms with E-state index in [1.165, 1.54) is 4.90 Å². The highest BCUT2D eigenvalue weighted by atomic mass is 32.1. The molecule has 2 N–H and O–H groups in total. The summed E-state index contributed by atoms with van der Waals surface area (Å²) >= 11 is 4.23. The van der Waals surface area contributed by atoms with Gasteiger partial charge in [0.25, 0.3) is 0 Å². The van der Waals surface area contributed by atoms with Crippen LogP contribution in [0.1, 0.15) is 26.2 Å². The lowest BCUT2D eigenvalue weighted by atomic mass is 9.63. The second kappa shape index (κ2) is 5.87. The van der Waals surface area contributed by atoms with Crippen LogP contribution in [0.4, 0.5) is 0 Å². The van der Waals surface area contributed by atoms with E-state index in [1.807, 2.05) is 0 Å². The Hall–Kier alpha value is -1.50. The summed E-state index contributed by atoms with van der Waals surface area (Å²) in [6.45, 7) is 5.03. The fourth-order valence-corrected chi connectivity index (χ4v) is 3.80. The number of likely N-dealkylation sites (tertiary alicyclic amines) is 1. The number of carbonyl (C=O) groups is 1. The van der Waals surface area contributed by atoms with Gasteiger partial charge in [-0.2, -0.15) is 10.5 Å². The lowest BCUT2D eigenvalue weighted by molar-refractivity contribution is -0.907. The summed E-state index contributed by atoms with van der Waals surface area (Å²) in [5, 5.41) is 21.7. The standard InChI is InChI=1S/C14H18N4OS/c1-2-5-18-6-3-14(4-7-18)10(8-15)12(19)17-13(20)11(14)9-16/h10,20H,2-7H2,1H3,(H,17,19)/p+1/t10-/m0/s1. The van der Waals surface area contributed by atoms with Gasteiger partial charge in [0.15, 0.2) is 0 Å². The monoisotopic (exact) mass is 291 g/mol. The molecule has 1 atom stereocenters. The van der Waals surface area contributed by atoms with Crippen LogP contribution in [0, 0.1) is 34.0 Å². The first kappa shape index (κ1) is 14.9. The Labute approximate surface area is 124 Å². The maximum Gasteiger partial charge on any atom is 0.243 e. The van der Waals surface area contributed by atoms with Crippen LogP contribution in [-0.2, 0) is 4.79 Å². The molecule has 5 nitrogen and oxygen atoms in total. The topological polar surface area (TPSA) is 81.1 Å². The summed E-state index contributed by atoms with van der Waals surface area (Å²) in [6, 6.07) is 4.28. The summed E-state index contributed by atoms with van der Waals surface area (Å²) < 4.78 is 0. The second-order valence-electron chi connectivity index (χ2n) is 5.54. The third-order valence-electron chi connectivity index (χ3n) is 4.48. The molecule has 1 saturated heterocycles. The number of nitrogens with zero attached hydrogens (tertiary/aromatic N) is 2. The Kier molecular flexibility index (Phi) is 4.37. The van der Waals surface area contributed by atoms with Crippen LogP contribution in [-0.4, -0.2) is 25.5 Å². The number of thiol groups is 1. The van der Waals surface area contributed by atoms with Crippen LogP contribution in [0.15, 0.2) is 10.6 Å². The number of nitrogens with one attached hydrogen (secondary N) is 2. The van der Waals surface area contributed by atoms with Crippen molar-refractivity contribution in [3.05, 3.63) is 10.6 Å². The molecule has 0 bridgehead atoms. The molecule has 0 saturated carbocycles. The summed E-state index contributed by atoms with van der Waals surface area (Å²) in [4.78, 5) is 13.5. The first-order valence-electron chi connectivity index (χ1n) is 6.97. The molecule has 2 aliphatic rings. The fraction of sp³-hybridized carbons (Fsp3) is 0.643. The predicted molar refractivity (Wildman–Crippen MR) is 76.4 cm³/mol. The van der Waals surface area contributed by atoms with Crippen molar-refractivity contribution in [1.29, 1.82) is 10.5 Å². The molecule has 2 rings (SSSR count). The third-order valence-corrected chi connectivity index (χ3v) is 4.82. The van der Waals surface area contributed by atoms with E-state index in [0.717, 1.165) is 26.1 Å². The first-order valence-corrected chi connectivity index (χ1v) is 7.41. The maximum absolute atomic E-state index is 12.0. The van der Waals surface area contributed by atoms with E-state index in [0.29, 0.717) is 23.4 Å². The van der Waals surface area contributed by atoms with Crippen LogP contribution in [0.2, 0.25) is 0 Å². The number of hydrogen-bond acceptors (Lipinski definition) is 4. The van der Waals surface area contributed by atoms with E-state index in [9.17, 15) is 15.3 Å². The minimum Gasteiger partial charge on any atom is -0.335 e. The highest BCUT2D eigenvalue weighted by molar-refractivity contribution is 7.84. The van der Waals surface area contributed by atoms with Crippen LogP contribution in [0.3, 0.4) is 0 Å². The Balaban J connectivity index is 2.35. The number of carbonyl (C=O) groups excluding carboxylic acids is 1. The number of piperidine rings is 1. The van der Waals surface area contributed by atoms with Crippen LogP contribution in [0.5, 0.6) is 0 Å². The van der Waals surface area contributed by atoms with Crippen molar-refractivity contribution in [3.8, 4) is 12.1 Å². The van der Waals surface area contributed by atoms with Crippen molar-refractivity contribution < 1.29 is 9.69 Å².